The van der Waals surface area contributed by atoms with Gasteiger partial charge in [0, 0.05) is 10.6 Å². The number of nitriles is 1. The number of nitrogens with zero attached hydrogens (tertiary/aromatic N) is 1. The Kier molecular flexibility index (Phi) is 4.47. The second-order valence-corrected chi connectivity index (χ2v) is 4.11. The Bertz CT molecular complexity index is 403. The van der Waals surface area contributed by atoms with E-state index >= 15 is 0 Å². The molecule has 0 saturated carbocycles. The lowest BCUT2D eigenvalue weighted by atomic mass is 10.2. The number of carbonyl (C=O) groups excluding carboxylic acids is 1. The molecule has 1 unspecified atom stereocenters. The monoisotopic (exact) mass is 240 g/mol. The highest BCUT2D eigenvalue weighted by Gasteiger charge is 2.11. The Labute approximate surface area is 97.4 Å². The normalized spacial score (nSPS) is 11.5. The van der Waals surface area contributed by atoms with Gasteiger partial charge >= 0.3 is 0 Å². The van der Waals surface area contributed by atoms with E-state index in [9.17, 15) is 4.79 Å². The average molecular weight is 241 g/mol. The number of benzene rings is 1. The number of nitrogens with one attached hydrogen (secondary N) is 1. The lowest BCUT2D eigenvalue weighted by Gasteiger charge is -2.08. The van der Waals surface area contributed by atoms with E-state index in [2.05, 4.69) is 5.32 Å². The van der Waals surface area contributed by atoms with Crippen LogP contribution in [0.15, 0.2) is 24.3 Å². The molecule has 0 bridgehead atoms. The summed E-state index contributed by atoms with van der Waals surface area (Å²) in [5.74, 6) is -0.293. The molecule has 1 rings (SSSR count). The van der Waals surface area contributed by atoms with Gasteiger partial charge in [-0.3, -0.25) is 4.79 Å². The molecule has 0 aromatic heterocycles. The topological polar surface area (TPSA) is 52.9 Å². The zero-order chi connectivity index (χ0) is 11.3. The van der Waals surface area contributed by atoms with E-state index in [4.69, 9.17) is 16.9 Å². The van der Waals surface area contributed by atoms with Crippen LogP contribution >= 0.6 is 23.4 Å². The molecule has 1 aromatic rings. The minimum atomic E-state index is -0.531. The van der Waals surface area contributed by atoms with Crippen LogP contribution in [0.5, 0.6) is 0 Å². The van der Waals surface area contributed by atoms with E-state index in [1.54, 1.807) is 30.5 Å². The number of halogens is 1. The van der Waals surface area contributed by atoms with Gasteiger partial charge in [0.05, 0.1) is 6.07 Å². The number of rotatable bonds is 3. The molecule has 5 heteroatoms. The van der Waals surface area contributed by atoms with Crippen LogP contribution in [0.4, 0.5) is 0 Å². The van der Waals surface area contributed by atoms with Crippen LogP contribution in [0, 0.1) is 11.3 Å². The molecule has 15 heavy (non-hydrogen) atoms. The zero-order valence-electron chi connectivity index (χ0n) is 8.03. The molecule has 0 heterocycles. The third kappa shape index (κ3) is 3.46. The maximum Gasteiger partial charge on any atom is 0.252 e. The summed E-state index contributed by atoms with van der Waals surface area (Å²) in [5.41, 5.74) is 0.455. The summed E-state index contributed by atoms with van der Waals surface area (Å²) < 4.78 is 0. The fraction of sp³-hybridized carbons (Fsp3) is 0.200. The highest BCUT2D eigenvalue weighted by molar-refractivity contribution is 7.99. The minimum absolute atomic E-state index is 0.293. The summed E-state index contributed by atoms with van der Waals surface area (Å²) in [6, 6.07) is 8.56. The molecule has 0 fully saturated rings. The second kappa shape index (κ2) is 5.64. The summed E-state index contributed by atoms with van der Waals surface area (Å²) in [6.07, 6.45) is 1.76. The standard InChI is InChI=1S/C10H9ClN2OS/c1-15-9(6-12)13-10(14)7-3-2-4-8(11)5-7/h2-5,9H,1H3,(H,13,14). The average Bonchev–Trinajstić information content (AvgIpc) is 2.25. The first-order valence-corrected chi connectivity index (χ1v) is 5.83. The van der Waals surface area contributed by atoms with Crippen molar-refractivity contribution in [2.45, 2.75) is 5.37 Å². The molecule has 0 radical (unpaired) electrons. The van der Waals surface area contributed by atoms with Crippen LogP contribution in [0.1, 0.15) is 10.4 Å². The Morgan fingerprint density at radius 3 is 2.93 bits per heavy atom. The van der Waals surface area contributed by atoms with Crippen molar-refractivity contribution in [1.29, 1.82) is 5.26 Å². The Hall–Kier alpha value is -1.18. The second-order valence-electron chi connectivity index (χ2n) is 2.73. The quantitative estimate of drug-likeness (QED) is 0.825. The van der Waals surface area contributed by atoms with Crippen LogP contribution < -0.4 is 5.32 Å². The van der Waals surface area contributed by atoms with Crippen LogP contribution in [0.25, 0.3) is 0 Å². The van der Waals surface area contributed by atoms with E-state index in [0.29, 0.717) is 10.6 Å². The number of amides is 1. The summed E-state index contributed by atoms with van der Waals surface area (Å²) in [4.78, 5) is 11.6. The fourth-order valence-corrected chi connectivity index (χ4v) is 1.50. The summed E-state index contributed by atoms with van der Waals surface area (Å²) in [6.45, 7) is 0. The van der Waals surface area contributed by atoms with Gasteiger partial charge in [-0.1, -0.05) is 17.7 Å². The van der Waals surface area contributed by atoms with E-state index in [1.165, 1.54) is 11.8 Å². The number of thioether (sulfide) groups is 1. The molecular formula is C10H9ClN2OS. The molecule has 0 aliphatic rings. The molecule has 1 atom stereocenters. The van der Waals surface area contributed by atoms with Crippen molar-refractivity contribution in [3.05, 3.63) is 34.9 Å². The molecule has 1 amide bonds. The zero-order valence-corrected chi connectivity index (χ0v) is 9.60. The Morgan fingerprint density at radius 1 is 1.67 bits per heavy atom. The maximum absolute atomic E-state index is 11.6. The summed E-state index contributed by atoms with van der Waals surface area (Å²) >= 11 is 7.01. The van der Waals surface area contributed by atoms with Crippen molar-refractivity contribution in [3.63, 3.8) is 0 Å². The first kappa shape index (κ1) is 11.9. The lowest BCUT2D eigenvalue weighted by Crippen LogP contribution is -2.31. The largest absolute Gasteiger partial charge is 0.328 e. The summed E-state index contributed by atoms with van der Waals surface area (Å²) in [5, 5.41) is 11.2. The highest BCUT2D eigenvalue weighted by atomic mass is 35.5. The SMILES string of the molecule is CSC(C#N)NC(=O)c1cccc(Cl)c1. The van der Waals surface area contributed by atoms with Gasteiger partial charge in [-0.15, -0.1) is 11.8 Å². The van der Waals surface area contributed by atoms with Crippen LogP contribution in [-0.4, -0.2) is 17.5 Å². The highest BCUT2D eigenvalue weighted by Crippen LogP contribution is 2.11. The molecule has 3 nitrogen and oxygen atoms in total. The van der Waals surface area contributed by atoms with Gasteiger partial charge in [0.15, 0.2) is 5.37 Å². The van der Waals surface area contributed by atoms with Crippen molar-refractivity contribution >= 4 is 29.3 Å². The van der Waals surface area contributed by atoms with Gasteiger partial charge in [0.1, 0.15) is 0 Å². The smallest absolute Gasteiger partial charge is 0.252 e. The Morgan fingerprint density at radius 2 is 2.40 bits per heavy atom. The van der Waals surface area contributed by atoms with Gasteiger partial charge in [0.2, 0.25) is 0 Å². The molecule has 78 valence electrons. The maximum atomic E-state index is 11.6. The number of carbonyl (C=O) groups is 1. The predicted octanol–water partition coefficient (Wildman–Crippen LogP) is 2.28. The lowest BCUT2D eigenvalue weighted by molar-refractivity contribution is 0.0955. The van der Waals surface area contributed by atoms with E-state index < -0.39 is 5.37 Å². The third-order valence-corrected chi connectivity index (χ3v) is 2.63. The molecule has 0 saturated heterocycles. The molecular weight excluding hydrogens is 232 g/mol. The Balaban J connectivity index is 2.74. The molecule has 0 spiro atoms. The van der Waals surface area contributed by atoms with Crippen molar-refractivity contribution in [2.75, 3.05) is 6.26 Å². The molecule has 0 aliphatic carbocycles. The van der Waals surface area contributed by atoms with Crippen LogP contribution in [0.2, 0.25) is 5.02 Å². The van der Waals surface area contributed by atoms with Gasteiger partial charge in [-0.05, 0) is 24.5 Å². The molecule has 0 aliphatic heterocycles. The van der Waals surface area contributed by atoms with Crippen molar-refractivity contribution in [1.82, 2.24) is 5.32 Å². The number of hydrogen-bond donors (Lipinski definition) is 1. The fourth-order valence-electron chi connectivity index (χ4n) is 0.976. The van der Waals surface area contributed by atoms with Crippen molar-refractivity contribution in [2.24, 2.45) is 0 Å². The first-order valence-electron chi connectivity index (χ1n) is 4.16. The number of hydrogen-bond acceptors (Lipinski definition) is 3. The minimum Gasteiger partial charge on any atom is -0.328 e. The van der Waals surface area contributed by atoms with E-state index in [1.807, 2.05) is 6.07 Å². The predicted molar refractivity (Wildman–Crippen MR) is 61.8 cm³/mol. The van der Waals surface area contributed by atoms with Crippen molar-refractivity contribution in [3.8, 4) is 6.07 Å². The van der Waals surface area contributed by atoms with E-state index in [0.717, 1.165) is 0 Å². The summed E-state index contributed by atoms with van der Waals surface area (Å²) in [7, 11) is 0. The van der Waals surface area contributed by atoms with Crippen LogP contribution in [0.3, 0.4) is 0 Å². The first-order chi connectivity index (χ1) is 7.17. The van der Waals surface area contributed by atoms with Gasteiger partial charge < -0.3 is 5.32 Å². The molecule has 1 N–H and O–H groups in total. The third-order valence-electron chi connectivity index (χ3n) is 1.70. The van der Waals surface area contributed by atoms with E-state index in [-0.39, 0.29) is 5.91 Å². The van der Waals surface area contributed by atoms with Gasteiger partial charge in [0.25, 0.3) is 5.91 Å². The molecule has 1 aromatic carbocycles. The van der Waals surface area contributed by atoms with Crippen molar-refractivity contribution < 1.29 is 4.79 Å². The van der Waals surface area contributed by atoms with Gasteiger partial charge in [-0.2, -0.15) is 5.26 Å². The van der Waals surface area contributed by atoms with Gasteiger partial charge in [-0.25, -0.2) is 0 Å². The van der Waals surface area contributed by atoms with Crippen LogP contribution in [-0.2, 0) is 0 Å².